The van der Waals surface area contributed by atoms with Crippen molar-refractivity contribution in [2.75, 3.05) is 0 Å². The molecule has 1 aliphatic rings. The smallest absolute Gasteiger partial charge is 0.0695 e. The largest absolute Gasteiger partial charge is 0.389 e. The molecule has 0 aromatic carbocycles. The molecule has 0 bridgehead atoms. The van der Waals surface area contributed by atoms with Gasteiger partial charge in [-0.1, -0.05) is 40.0 Å². The van der Waals surface area contributed by atoms with Crippen molar-refractivity contribution in [1.29, 1.82) is 0 Å². The number of aliphatic hydroxyl groups is 1. The molecule has 13 heavy (non-hydrogen) atoms. The Morgan fingerprint density at radius 2 is 1.77 bits per heavy atom. The highest BCUT2D eigenvalue weighted by atomic mass is 16.3. The van der Waals surface area contributed by atoms with Crippen molar-refractivity contribution in [3.8, 4) is 0 Å². The van der Waals surface area contributed by atoms with Gasteiger partial charge in [-0.25, -0.2) is 0 Å². The molecule has 1 rings (SSSR count). The SMILES string of the molecule is CCC(O)(C(C)C)C1CCCCC1. The highest BCUT2D eigenvalue weighted by Crippen LogP contribution is 2.38. The van der Waals surface area contributed by atoms with E-state index >= 15 is 0 Å². The Morgan fingerprint density at radius 1 is 1.23 bits per heavy atom. The molecule has 1 nitrogen and oxygen atoms in total. The molecular weight excluding hydrogens is 160 g/mol. The average Bonchev–Trinajstić information content (AvgIpc) is 2.17. The van der Waals surface area contributed by atoms with Crippen LogP contribution in [0.5, 0.6) is 0 Å². The van der Waals surface area contributed by atoms with Gasteiger partial charge in [0.2, 0.25) is 0 Å². The Bertz CT molecular complexity index is 147. The van der Waals surface area contributed by atoms with E-state index in [1.165, 1.54) is 32.1 Å². The summed E-state index contributed by atoms with van der Waals surface area (Å²) in [6.45, 7) is 6.42. The monoisotopic (exact) mass is 184 g/mol. The molecule has 1 saturated carbocycles. The Hall–Kier alpha value is -0.0400. The fourth-order valence-electron chi connectivity index (χ4n) is 2.77. The van der Waals surface area contributed by atoms with Crippen molar-refractivity contribution in [2.45, 2.75) is 64.9 Å². The molecule has 0 spiro atoms. The summed E-state index contributed by atoms with van der Waals surface area (Å²) < 4.78 is 0. The maximum atomic E-state index is 10.5. The van der Waals surface area contributed by atoms with Gasteiger partial charge in [0, 0.05) is 0 Å². The van der Waals surface area contributed by atoms with Crippen LogP contribution in [0.25, 0.3) is 0 Å². The van der Waals surface area contributed by atoms with E-state index in [2.05, 4.69) is 20.8 Å². The van der Waals surface area contributed by atoms with Crippen molar-refractivity contribution in [2.24, 2.45) is 11.8 Å². The van der Waals surface area contributed by atoms with E-state index in [4.69, 9.17) is 0 Å². The van der Waals surface area contributed by atoms with Gasteiger partial charge in [0.05, 0.1) is 5.60 Å². The van der Waals surface area contributed by atoms with Crippen LogP contribution in [0.15, 0.2) is 0 Å². The first kappa shape index (κ1) is 11.0. The van der Waals surface area contributed by atoms with E-state index in [-0.39, 0.29) is 5.60 Å². The third-order valence-corrected chi connectivity index (χ3v) is 3.88. The van der Waals surface area contributed by atoms with Crippen LogP contribution >= 0.6 is 0 Å². The summed E-state index contributed by atoms with van der Waals surface area (Å²) in [6.07, 6.45) is 7.40. The van der Waals surface area contributed by atoms with Crippen molar-refractivity contribution < 1.29 is 5.11 Å². The van der Waals surface area contributed by atoms with Gasteiger partial charge < -0.3 is 5.11 Å². The van der Waals surface area contributed by atoms with Crippen molar-refractivity contribution in [3.63, 3.8) is 0 Å². The topological polar surface area (TPSA) is 20.2 Å². The minimum absolute atomic E-state index is 0.388. The molecule has 0 aromatic heterocycles. The van der Waals surface area contributed by atoms with Crippen LogP contribution in [0.4, 0.5) is 0 Å². The fourth-order valence-corrected chi connectivity index (χ4v) is 2.77. The summed E-state index contributed by atoms with van der Waals surface area (Å²) in [7, 11) is 0. The molecule has 1 heteroatoms. The first-order valence-corrected chi connectivity index (χ1v) is 5.83. The third kappa shape index (κ3) is 2.25. The van der Waals surface area contributed by atoms with Crippen molar-refractivity contribution in [1.82, 2.24) is 0 Å². The minimum atomic E-state index is -0.388. The van der Waals surface area contributed by atoms with Crippen LogP contribution in [-0.4, -0.2) is 10.7 Å². The summed E-state index contributed by atoms with van der Waals surface area (Å²) in [6, 6.07) is 0. The van der Waals surface area contributed by atoms with Crippen LogP contribution in [0.3, 0.4) is 0 Å². The van der Waals surface area contributed by atoms with Crippen LogP contribution in [0.1, 0.15) is 59.3 Å². The minimum Gasteiger partial charge on any atom is -0.389 e. The highest BCUT2D eigenvalue weighted by Gasteiger charge is 2.38. The summed E-state index contributed by atoms with van der Waals surface area (Å²) in [5.74, 6) is 0.965. The molecule has 0 heterocycles. The van der Waals surface area contributed by atoms with Gasteiger partial charge in [-0.05, 0) is 31.1 Å². The summed E-state index contributed by atoms with van der Waals surface area (Å²) in [5.41, 5.74) is -0.388. The average molecular weight is 184 g/mol. The van der Waals surface area contributed by atoms with Crippen molar-refractivity contribution >= 4 is 0 Å². The van der Waals surface area contributed by atoms with Gasteiger partial charge >= 0.3 is 0 Å². The third-order valence-electron chi connectivity index (χ3n) is 3.88. The van der Waals surface area contributed by atoms with Crippen LogP contribution in [0, 0.1) is 11.8 Å². The quantitative estimate of drug-likeness (QED) is 0.713. The van der Waals surface area contributed by atoms with E-state index in [0.717, 1.165) is 6.42 Å². The van der Waals surface area contributed by atoms with Gasteiger partial charge in [-0.3, -0.25) is 0 Å². The summed E-state index contributed by atoms with van der Waals surface area (Å²) in [4.78, 5) is 0. The maximum Gasteiger partial charge on any atom is 0.0695 e. The molecule has 1 N–H and O–H groups in total. The van der Waals surface area contributed by atoms with Crippen molar-refractivity contribution in [3.05, 3.63) is 0 Å². The fraction of sp³-hybridized carbons (Fsp3) is 1.00. The molecule has 1 unspecified atom stereocenters. The summed E-state index contributed by atoms with van der Waals surface area (Å²) >= 11 is 0. The van der Waals surface area contributed by atoms with Gasteiger partial charge in [0.1, 0.15) is 0 Å². The van der Waals surface area contributed by atoms with Gasteiger partial charge in [0.15, 0.2) is 0 Å². The van der Waals surface area contributed by atoms with E-state index in [1.54, 1.807) is 0 Å². The Labute approximate surface area is 82.5 Å². The first-order chi connectivity index (χ1) is 6.11. The van der Waals surface area contributed by atoms with Gasteiger partial charge in [-0.2, -0.15) is 0 Å². The van der Waals surface area contributed by atoms with Crippen LogP contribution in [-0.2, 0) is 0 Å². The second-order valence-electron chi connectivity index (χ2n) is 4.83. The Balaban J connectivity index is 2.62. The lowest BCUT2D eigenvalue weighted by atomic mass is 9.70. The number of hydrogen-bond acceptors (Lipinski definition) is 1. The van der Waals surface area contributed by atoms with E-state index in [9.17, 15) is 5.11 Å². The highest BCUT2D eigenvalue weighted by molar-refractivity contribution is 4.89. The molecule has 1 aliphatic carbocycles. The number of rotatable bonds is 3. The summed E-state index contributed by atoms with van der Waals surface area (Å²) in [5, 5.41) is 10.5. The molecule has 0 aromatic rings. The van der Waals surface area contributed by atoms with Gasteiger partial charge in [0.25, 0.3) is 0 Å². The predicted molar refractivity (Wildman–Crippen MR) is 56.7 cm³/mol. The Kier molecular flexibility index (Phi) is 3.78. The lowest BCUT2D eigenvalue weighted by Gasteiger charge is -2.41. The molecule has 0 radical (unpaired) electrons. The van der Waals surface area contributed by atoms with E-state index < -0.39 is 0 Å². The standard InChI is InChI=1S/C12H24O/c1-4-12(13,10(2)3)11-8-6-5-7-9-11/h10-11,13H,4-9H2,1-3H3. The van der Waals surface area contributed by atoms with E-state index in [0.29, 0.717) is 11.8 Å². The normalized spacial score (nSPS) is 24.7. The zero-order valence-corrected chi connectivity index (χ0v) is 9.34. The molecule has 1 atom stereocenters. The number of hydrogen-bond donors (Lipinski definition) is 1. The lowest BCUT2D eigenvalue weighted by molar-refractivity contribution is -0.0734. The van der Waals surface area contributed by atoms with Crippen LogP contribution in [0.2, 0.25) is 0 Å². The molecule has 78 valence electrons. The zero-order chi connectivity index (χ0) is 9.90. The zero-order valence-electron chi connectivity index (χ0n) is 9.34. The van der Waals surface area contributed by atoms with Gasteiger partial charge in [-0.15, -0.1) is 0 Å². The lowest BCUT2D eigenvalue weighted by Crippen LogP contribution is -2.43. The van der Waals surface area contributed by atoms with Crippen LogP contribution < -0.4 is 0 Å². The van der Waals surface area contributed by atoms with E-state index in [1.807, 2.05) is 0 Å². The molecule has 0 amide bonds. The predicted octanol–water partition coefficient (Wildman–Crippen LogP) is 3.36. The molecule has 0 aliphatic heterocycles. The first-order valence-electron chi connectivity index (χ1n) is 5.83. The molecular formula is C12H24O. The Morgan fingerprint density at radius 3 is 2.15 bits per heavy atom. The second-order valence-corrected chi connectivity index (χ2v) is 4.83. The second kappa shape index (κ2) is 4.45. The molecule has 1 fully saturated rings. The maximum absolute atomic E-state index is 10.5. The molecule has 0 saturated heterocycles.